The number of hydrogen-bond acceptors (Lipinski definition) is 4. The van der Waals surface area contributed by atoms with Crippen LogP contribution in [0.3, 0.4) is 0 Å². The average molecular weight is 272 g/mol. The van der Waals surface area contributed by atoms with Gasteiger partial charge in [-0.3, -0.25) is 9.78 Å². The lowest BCUT2D eigenvalue weighted by molar-refractivity contribution is -0.119. The number of fused-ring (bicyclic) bond motifs is 1. The Balaban J connectivity index is 2.27. The Kier molecular flexibility index (Phi) is 4.40. The summed E-state index contributed by atoms with van der Waals surface area (Å²) in [6.07, 6.45) is 2.56. The van der Waals surface area contributed by atoms with E-state index >= 15 is 0 Å². The summed E-state index contributed by atoms with van der Waals surface area (Å²) in [7, 11) is 1.86. The first-order valence-corrected chi connectivity index (χ1v) is 6.74. The van der Waals surface area contributed by atoms with Crippen molar-refractivity contribution in [3.63, 3.8) is 0 Å². The van der Waals surface area contributed by atoms with Gasteiger partial charge in [0.05, 0.1) is 29.6 Å². The van der Waals surface area contributed by atoms with Crippen LogP contribution in [0.4, 0.5) is 11.4 Å². The van der Waals surface area contributed by atoms with Gasteiger partial charge in [-0.05, 0) is 12.5 Å². The van der Waals surface area contributed by atoms with Gasteiger partial charge in [0.2, 0.25) is 5.91 Å². The van der Waals surface area contributed by atoms with E-state index in [9.17, 15) is 4.79 Å². The van der Waals surface area contributed by atoms with E-state index in [1.165, 1.54) is 0 Å². The number of carbonyl (C=O) groups excluding carboxylic acids is 1. The number of anilines is 2. The molecule has 20 heavy (non-hydrogen) atoms. The number of pyridine rings is 1. The van der Waals surface area contributed by atoms with Gasteiger partial charge < -0.3 is 16.0 Å². The molecule has 0 fully saturated rings. The van der Waals surface area contributed by atoms with Crippen LogP contribution in [-0.4, -0.2) is 31.0 Å². The number of likely N-dealkylation sites (N-methyl/N-ethyl adjacent to an activating group) is 1. The van der Waals surface area contributed by atoms with Crippen molar-refractivity contribution in [2.75, 3.05) is 30.8 Å². The van der Waals surface area contributed by atoms with E-state index in [1.807, 2.05) is 43.1 Å². The molecule has 1 heterocycles. The second kappa shape index (κ2) is 6.23. The number of nitrogen functional groups attached to an aromatic ring is 1. The highest BCUT2D eigenvalue weighted by Crippen LogP contribution is 2.30. The summed E-state index contributed by atoms with van der Waals surface area (Å²) >= 11 is 0. The van der Waals surface area contributed by atoms with Crippen LogP contribution in [0.2, 0.25) is 0 Å². The summed E-state index contributed by atoms with van der Waals surface area (Å²) in [4.78, 5) is 18.0. The van der Waals surface area contributed by atoms with Crippen LogP contribution >= 0.6 is 0 Å². The molecule has 0 atom stereocenters. The number of carbonyl (C=O) groups is 1. The predicted molar refractivity (Wildman–Crippen MR) is 82.7 cm³/mol. The summed E-state index contributed by atoms with van der Waals surface area (Å²) < 4.78 is 0. The Morgan fingerprint density at radius 2 is 2.15 bits per heavy atom. The first kappa shape index (κ1) is 14.1. The van der Waals surface area contributed by atoms with Crippen molar-refractivity contribution in [2.24, 2.45) is 0 Å². The Morgan fingerprint density at radius 1 is 1.40 bits per heavy atom. The van der Waals surface area contributed by atoms with Gasteiger partial charge in [-0.1, -0.05) is 25.1 Å². The molecule has 106 valence electrons. The molecule has 0 bridgehead atoms. The third-order valence-electron chi connectivity index (χ3n) is 3.11. The Bertz CT molecular complexity index is 612. The van der Waals surface area contributed by atoms with Crippen LogP contribution < -0.4 is 16.0 Å². The molecule has 0 aliphatic rings. The lowest BCUT2D eigenvalue weighted by Gasteiger charge is -2.22. The fourth-order valence-corrected chi connectivity index (χ4v) is 2.18. The van der Waals surface area contributed by atoms with Gasteiger partial charge in [-0.15, -0.1) is 0 Å². The highest BCUT2D eigenvalue weighted by Gasteiger charge is 2.13. The normalized spacial score (nSPS) is 10.5. The highest BCUT2D eigenvalue weighted by atomic mass is 16.2. The van der Waals surface area contributed by atoms with Crippen molar-refractivity contribution in [1.29, 1.82) is 0 Å². The first-order valence-electron chi connectivity index (χ1n) is 6.74. The summed E-state index contributed by atoms with van der Waals surface area (Å²) in [6.45, 7) is 3.00. The minimum absolute atomic E-state index is 0.00496. The van der Waals surface area contributed by atoms with Gasteiger partial charge >= 0.3 is 0 Å². The molecule has 3 N–H and O–H groups in total. The van der Waals surface area contributed by atoms with E-state index in [0.717, 1.165) is 23.0 Å². The van der Waals surface area contributed by atoms with Crippen LogP contribution in [0.25, 0.3) is 10.9 Å². The second-order valence-corrected chi connectivity index (χ2v) is 4.79. The molecular weight excluding hydrogens is 252 g/mol. The number of nitrogens with one attached hydrogen (secondary N) is 1. The van der Waals surface area contributed by atoms with Gasteiger partial charge in [0.25, 0.3) is 0 Å². The third kappa shape index (κ3) is 2.99. The zero-order chi connectivity index (χ0) is 14.5. The predicted octanol–water partition coefficient (Wildman–Crippen LogP) is 1.78. The van der Waals surface area contributed by atoms with Gasteiger partial charge in [0.1, 0.15) is 0 Å². The fourth-order valence-electron chi connectivity index (χ4n) is 2.18. The van der Waals surface area contributed by atoms with Crippen molar-refractivity contribution in [3.05, 3.63) is 30.5 Å². The van der Waals surface area contributed by atoms with E-state index < -0.39 is 0 Å². The van der Waals surface area contributed by atoms with Gasteiger partial charge in [-0.2, -0.15) is 0 Å². The molecule has 0 saturated heterocycles. The third-order valence-corrected chi connectivity index (χ3v) is 3.11. The summed E-state index contributed by atoms with van der Waals surface area (Å²) in [5, 5.41) is 3.82. The first-order chi connectivity index (χ1) is 9.63. The minimum Gasteiger partial charge on any atom is -0.396 e. The maximum Gasteiger partial charge on any atom is 0.239 e. The Hall–Kier alpha value is -2.30. The zero-order valence-corrected chi connectivity index (χ0v) is 11.9. The minimum atomic E-state index is -0.00496. The number of amides is 1. The molecule has 0 aliphatic carbocycles. The quantitative estimate of drug-likeness (QED) is 0.870. The molecule has 0 spiro atoms. The van der Waals surface area contributed by atoms with Crippen LogP contribution in [0.5, 0.6) is 0 Å². The largest absolute Gasteiger partial charge is 0.396 e. The van der Waals surface area contributed by atoms with Crippen LogP contribution in [0.1, 0.15) is 13.3 Å². The van der Waals surface area contributed by atoms with E-state index in [2.05, 4.69) is 10.3 Å². The molecule has 2 rings (SSSR count). The summed E-state index contributed by atoms with van der Waals surface area (Å²) in [5.41, 5.74) is 8.33. The van der Waals surface area contributed by atoms with E-state index in [0.29, 0.717) is 12.2 Å². The topological polar surface area (TPSA) is 71.2 Å². The molecule has 5 nitrogen and oxygen atoms in total. The second-order valence-electron chi connectivity index (χ2n) is 4.79. The summed E-state index contributed by atoms with van der Waals surface area (Å²) in [5.74, 6) is -0.00496. The Morgan fingerprint density at radius 3 is 2.90 bits per heavy atom. The van der Waals surface area contributed by atoms with Gasteiger partial charge in [0.15, 0.2) is 0 Å². The lowest BCUT2D eigenvalue weighted by Crippen LogP contribution is -2.35. The van der Waals surface area contributed by atoms with E-state index in [4.69, 9.17) is 5.73 Å². The Labute approximate surface area is 118 Å². The van der Waals surface area contributed by atoms with Gasteiger partial charge in [-0.25, -0.2) is 0 Å². The number of benzene rings is 1. The number of rotatable bonds is 5. The molecule has 0 radical (unpaired) electrons. The zero-order valence-electron chi connectivity index (χ0n) is 11.9. The average Bonchev–Trinajstić information content (AvgIpc) is 2.44. The van der Waals surface area contributed by atoms with Crippen molar-refractivity contribution in [3.8, 4) is 0 Å². The molecule has 0 aliphatic heterocycles. The van der Waals surface area contributed by atoms with Crippen molar-refractivity contribution < 1.29 is 4.79 Å². The molecule has 1 aromatic heterocycles. The molecule has 0 saturated carbocycles. The van der Waals surface area contributed by atoms with Crippen molar-refractivity contribution in [1.82, 2.24) is 10.3 Å². The standard InChI is InChI=1S/C15H20N4O/c1-3-8-17-14(20)10-19(2)15-11-6-4-5-7-13(11)18-9-12(15)16/h4-7,9H,3,8,10,16H2,1-2H3,(H,17,20). The number of nitrogens with zero attached hydrogens (tertiary/aromatic N) is 2. The number of para-hydroxylation sites is 1. The molecule has 1 aromatic carbocycles. The lowest BCUT2D eigenvalue weighted by atomic mass is 10.1. The number of nitrogens with two attached hydrogens (primary N) is 1. The van der Waals surface area contributed by atoms with E-state index in [-0.39, 0.29) is 12.5 Å². The molecule has 0 unspecified atom stereocenters. The molecule has 5 heteroatoms. The maximum absolute atomic E-state index is 11.8. The molecular formula is C15H20N4O. The van der Waals surface area contributed by atoms with Crippen LogP contribution in [0.15, 0.2) is 30.5 Å². The smallest absolute Gasteiger partial charge is 0.239 e. The van der Waals surface area contributed by atoms with Gasteiger partial charge in [0, 0.05) is 19.0 Å². The monoisotopic (exact) mass is 272 g/mol. The fraction of sp³-hybridized carbons (Fsp3) is 0.333. The SMILES string of the molecule is CCCNC(=O)CN(C)c1c(N)cnc2ccccc12. The maximum atomic E-state index is 11.8. The van der Waals surface area contributed by atoms with Crippen molar-refractivity contribution >= 4 is 28.2 Å². The van der Waals surface area contributed by atoms with Crippen molar-refractivity contribution in [2.45, 2.75) is 13.3 Å². The van der Waals surface area contributed by atoms with Crippen LogP contribution in [0, 0.1) is 0 Å². The highest BCUT2D eigenvalue weighted by molar-refractivity contribution is 5.98. The number of hydrogen-bond donors (Lipinski definition) is 2. The van der Waals surface area contributed by atoms with E-state index in [1.54, 1.807) is 6.20 Å². The molecule has 2 aromatic rings. The summed E-state index contributed by atoms with van der Waals surface area (Å²) in [6, 6.07) is 7.78. The number of aromatic nitrogens is 1. The van der Waals surface area contributed by atoms with Crippen LogP contribution in [-0.2, 0) is 4.79 Å². The molecule has 1 amide bonds.